The van der Waals surface area contributed by atoms with Crippen molar-refractivity contribution in [3.8, 4) is 17.3 Å². The lowest BCUT2D eigenvalue weighted by Crippen LogP contribution is -2.20. The Balaban J connectivity index is 1.85. The van der Waals surface area contributed by atoms with Crippen LogP contribution in [0.25, 0.3) is 11.3 Å². The van der Waals surface area contributed by atoms with Crippen molar-refractivity contribution in [2.24, 2.45) is 0 Å². The second-order valence-electron chi connectivity index (χ2n) is 5.56. The van der Waals surface area contributed by atoms with Crippen LogP contribution in [-0.4, -0.2) is 16.2 Å². The first kappa shape index (κ1) is 17.2. The SMILES string of the molecule is CCc1[nH]nc(-c2cccc(F)c2)c1NC(=O)Nc1cccc(C#N)c1. The van der Waals surface area contributed by atoms with Crippen molar-refractivity contribution < 1.29 is 9.18 Å². The van der Waals surface area contributed by atoms with E-state index in [1.165, 1.54) is 12.1 Å². The number of amides is 2. The average molecular weight is 349 g/mol. The fourth-order valence-corrected chi connectivity index (χ4v) is 2.56. The predicted octanol–water partition coefficient (Wildman–Crippen LogP) is 4.29. The van der Waals surface area contributed by atoms with Crippen LogP contribution < -0.4 is 10.6 Å². The molecule has 7 heteroatoms. The highest BCUT2D eigenvalue weighted by Gasteiger charge is 2.17. The van der Waals surface area contributed by atoms with E-state index in [1.54, 1.807) is 36.4 Å². The van der Waals surface area contributed by atoms with Crippen molar-refractivity contribution in [1.82, 2.24) is 10.2 Å². The van der Waals surface area contributed by atoms with E-state index >= 15 is 0 Å². The number of nitriles is 1. The van der Waals surface area contributed by atoms with Crippen LogP contribution in [0.4, 0.5) is 20.6 Å². The smallest absolute Gasteiger partial charge is 0.308 e. The maximum absolute atomic E-state index is 13.5. The lowest BCUT2D eigenvalue weighted by Gasteiger charge is -2.10. The molecule has 6 nitrogen and oxygen atoms in total. The summed E-state index contributed by atoms with van der Waals surface area (Å²) in [5.41, 5.74) is 3.18. The molecule has 0 aliphatic rings. The number of carbonyl (C=O) groups is 1. The highest BCUT2D eigenvalue weighted by atomic mass is 19.1. The van der Waals surface area contributed by atoms with Gasteiger partial charge >= 0.3 is 6.03 Å². The van der Waals surface area contributed by atoms with Crippen LogP contribution in [0.2, 0.25) is 0 Å². The number of hydrogen-bond donors (Lipinski definition) is 3. The highest BCUT2D eigenvalue weighted by molar-refractivity contribution is 6.02. The number of aryl methyl sites for hydroxylation is 1. The number of H-pyrrole nitrogens is 1. The minimum atomic E-state index is -0.478. The molecule has 0 bridgehead atoms. The Kier molecular flexibility index (Phi) is 4.94. The van der Waals surface area contributed by atoms with Crippen molar-refractivity contribution in [3.05, 3.63) is 65.6 Å². The fourth-order valence-electron chi connectivity index (χ4n) is 2.56. The molecule has 26 heavy (non-hydrogen) atoms. The van der Waals surface area contributed by atoms with Crippen LogP contribution in [0.5, 0.6) is 0 Å². The lowest BCUT2D eigenvalue weighted by atomic mass is 10.1. The van der Waals surface area contributed by atoms with E-state index in [2.05, 4.69) is 20.8 Å². The standard InChI is InChI=1S/C19H16FN5O/c1-2-16-18(17(25-24-16)13-6-4-7-14(20)10-13)23-19(26)22-15-8-3-5-12(9-15)11-21/h3-10H,2H2,1H3,(H,24,25)(H2,22,23,26). The minimum absolute atomic E-state index is 0.382. The van der Waals surface area contributed by atoms with Gasteiger partial charge in [-0.05, 0) is 36.8 Å². The van der Waals surface area contributed by atoms with Gasteiger partial charge in [0.1, 0.15) is 11.5 Å². The van der Waals surface area contributed by atoms with Crippen LogP contribution in [0.3, 0.4) is 0 Å². The molecule has 0 spiro atoms. The molecule has 1 heterocycles. The molecule has 3 aromatic rings. The summed E-state index contributed by atoms with van der Waals surface area (Å²) in [4.78, 5) is 12.4. The molecular weight excluding hydrogens is 333 g/mol. The lowest BCUT2D eigenvalue weighted by molar-refractivity contribution is 0.262. The van der Waals surface area contributed by atoms with E-state index in [0.717, 1.165) is 5.69 Å². The Bertz CT molecular complexity index is 990. The molecule has 0 aliphatic heterocycles. The van der Waals surface area contributed by atoms with Crippen LogP contribution in [-0.2, 0) is 6.42 Å². The monoisotopic (exact) mass is 349 g/mol. The Labute approximate surface area is 149 Å². The summed E-state index contributed by atoms with van der Waals surface area (Å²) >= 11 is 0. The molecule has 0 aliphatic carbocycles. The summed E-state index contributed by atoms with van der Waals surface area (Å²) in [7, 11) is 0. The molecule has 3 N–H and O–H groups in total. The second-order valence-corrected chi connectivity index (χ2v) is 5.56. The highest BCUT2D eigenvalue weighted by Crippen LogP contribution is 2.29. The maximum Gasteiger partial charge on any atom is 0.323 e. The molecule has 0 saturated heterocycles. The third-order valence-corrected chi connectivity index (χ3v) is 3.78. The van der Waals surface area contributed by atoms with Gasteiger partial charge in [-0.2, -0.15) is 10.4 Å². The van der Waals surface area contributed by atoms with E-state index in [-0.39, 0.29) is 5.82 Å². The molecule has 0 atom stereocenters. The number of rotatable bonds is 4. The molecule has 2 amide bonds. The molecule has 0 unspecified atom stereocenters. The Morgan fingerprint density at radius 3 is 2.77 bits per heavy atom. The van der Waals surface area contributed by atoms with Gasteiger partial charge in [-0.15, -0.1) is 0 Å². The molecule has 130 valence electrons. The second kappa shape index (κ2) is 7.49. The van der Waals surface area contributed by atoms with Gasteiger partial charge in [0.25, 0.3) is 0 Å². The third kappa shape index (κ3) is 3.70. The molecular formula is C19H16FN5O. The van der Waals surface area contributed by atoms with Crippen LogP contribution in [0.1, 0.15) is 18.2 Å². The number of benzene rings is 2. The van der Waals surface area contributed by atoms with Crippen LogP contribution >= 0.6 is 0 Å². The molecule has 0 radical (unpaired) electrons. The first-order chi connectivity index (χ1) is 12.6. The maximum atomic E-state index is 13.5. The Morgan fingerprint density at radius 2 is 2.04 bits per heavy atom. The third-order valence-electron chi connectivity index (χ3n) is 3.78. The number of hydrogen-bond acceptors (Lipinski definition) is 3. The summed E-state index contributed by atoms with van der Waals surface area (Å²) < 4.78 is 13.5. The van der Waals surface area contributed by atoms with Crippen LogP contribution in [0, 0.1) is 17.1 Å². The van der Waals surface area contributed by atoms with Gasteiger partial charge in [0, 0.05) is 11.3 Å². The quantitative estimate of drug-likeness (QED) is 0.656. The number of aromatic amines is 1. The van der Waals surface area contributed by atoms with Gasteiger partial charge in [0.2, 0.25) is 0 Å². The average Bonchev–Trinajstić information content (AvgIpc) is 3.04. The summed E-state index contributed by atoms with van der Waals surface area (Å²) in [6, 6.07) is 14.1. The minimum Gasteiger partial charge on any atom is -0.308 e. The van der Waals surface area contributed by atoms with E-state index in [4.69, 9.17) is 5.26 Å². The summed E-state index contributed by atoms with van der Waals surface area (Å²) in [6.45, 7) is 1.92. The fraction of sp³-hybridized carbons (Fsp3) is 0.105. The zero-order valence-corrected chi connectivity index (χ0v) is 14.0. The number of urea groups is 1. The molecule has 1 aromatic heterocycles. The van der Waals surface area contributed by atoms with Crippen molar-refractivity contribution in [3.63, 3.8) is 0 Å². The zero-order chi connectivity index (χ0) is 18.5. The first-order valence-electron chi connectivity index (χ1n) is 8.02. The van der Waals surface area contributed by atoms with Gasteiger partial charge < -0.3 is 10.6 Å². The van der Waals surface area contributed by atoms with Crippen molar-refractivity contribution in [1.29, 1.82) is 5.26 Å². The van der Waals surface area contributed by atoms with Crippen LogP contribution in [0.15, 0.2) is 48.5 Å². The summed E-state index contributed by atoms with van der Waals surface area (Å²) in [6.07, 6.45) is 0.613. The van der Waals surface area contributed by atoms with Gasteiger partial charge in [-0.3, -0.25) is 5.10 Å². The van der Waals surface area contributed by atoms with Gasteiger partial charge in [-0.25, -0.2) is 9.18 Å². The van der Waals surface area contributed by atoms with Gasteiger partial charge in [0.05, 0.1) is 23.0 Å². The normalized spacial score (nSPS) is 10.2. The molecule has 0 fully saturated rings. The number of nitrogens with zero attached hydrogens (tertiary/aromatic N) is 2. The van der Waals surface area contributed by atoms with Crippen molar-refractivity contribution in [2.75, 3.05) is 10.6 Å². The molecule has 2 aromatic carbocycles. The van der Waals surface area contributed by atoms with E-state index in [0.29, 0.717) is 34.6 Å². The van der Waals surface area contributed by atoms with E-state index in [1.807, 2.05) is 13.0 Å². The number of carbonyl (C=O) groups excluding carboxylic acids is 1. The summed E-state index contributed by atoms with van der Waals surface area (Å²) in [5, 5.41) is 21.5. The first-order valence-corrected chi connectivity index (χ1v) is 8.02. The molecule has 0 saturated carbocycles. The number of anilines is 2. The van der Waals surface area contributed by atoms with Crippen molar-refractivity contribution >= 4 is 17.4 Å². The largest absolute Gasteiger partial charge is 0.323 e. The Morgan fingerprint density at radius 1 is 1.23 bits per heavy atom. The van der Waals surface area contributed by atoms with E-state index in [9.17, 15) is 9.18 Å². The zero-order valence-electron chi connectivity index (χ0n) is 14.0. The van der Waals surface area contributed by atoms with E-state index < -0.39 is 6.03 Å². The predicted molar refractivity (Wildman–Crippen MR) is 97.2 cm³/mol. The van der Waals surface area contributed by atoms with Gasteiger partial charge in [-0.1, -0.05) is 25.1 Å². The number of halogens is 1. The molecule has 3 rings (SSSR count). The van der Waals surface area contributed by atoms with Gasteiger partial charge in [0.15, 0.2) is 0 Å². The Hall–Kier alpha value is -3.66. The summed E-state index contributed by atoms with van der Waals surface area (Å²) in [5.74, 6) is -0.382. The number of nitrogens with one attached hydrogen (secondary N) is 3. The number of aromatic nitrogens is 2. The van der Waals surface area contributed by atoms with Crippen molar-refractivity contribution in [2.45, 2.75) is 13.3 Å². The topological polar surface area (TPSA) is 93.6 Å².